The molecule has 8 nitrogen and oxygen atoms in total. The molecule has 4 heterocycles. The van der Waals surface area contributed by atoms with Crippen LogP contribution in [0.4, 0.5) is 11.4 Å². The van der Waals surface area contributed by atoms with E-state index in [1.54, 1.807) is 28.4 Å². The Morgan fingerprint density at radius 1 is 0.524 bits per heavy atom. The lowest BCUT2D eigenvalue weighted by Gasteiger charge is -2.44. The van der Waals surface area contributed by atoms with Gasteiger partial charge in [0.25, 0.3) is 0 Å². The van der Waals surface area contributed by atoms with Gasteiger partial charge in [0, 0.05) is 39.8 Å². The van der Waals surface area contributed by atoms with Crippen LogP contribution in [0.25, 0.3) is 0 Å². The molecule has 4 saturated heterocycles. The Morgan fingerprint density at radius 3 is 1.02 bits per heavy atom. The second kappa shape index (κ2) is 12.8. The van der Waals surface area contributed by atoms with E-state index in [9.17, 15) is 0 Å². The second-order valence-electron chi connectivity index (χ2n) is 13.2. The number of hydrogen-bond donors (Lipinski definition) is 2. The van der Waals surface area contributed by atoms with Gasteiger partial charge < -0.3 is 39.9 Å². The lowest BCUT2D eigenvalue weighted by Crippen LogP contribution is -2.48. The molecule has 232 valence electrons. The number of benzene rings is 2. The first-order valence-corrected chi connectivity index (χ1v) is 15.3. The number of fused-ring (bicyclic) bond motifs is 4. The fraction of sp³-hybridized carbons (Fsp3) is 0.647. The van der Waals surface area contributed by atoms with E-state index in [4.69, 9.17) is 39.9 Å². The van der Waals surface area contributed by atoms with Crippen molar-refractivity contribution in [3.8, 4) is 0 Å². The average Bonchev–Trinajstić information content (AvgIpc) is 3.38. The van der Waals surface area contributed by atoms with E-state index in [0.29, 0.717) is 38.3 Å². The Bertz CT molecular complexity index is 1030. The molecular weight excluding hydrogens is 532 g/mol. The van der Waals surface area contributed by atoms with E-state index in [-0.39, 0.29) is 22.4 Å². The molecule has 2 unspecified atom stereocenters. The highest BCUT2D eigenvalue weighted by molar-refractivity contribution is 5.41. The number of anilines is 2. The fourth-order valence-corrected chi connectivity index (χ4v) is 8.25. The van der Waals surface area contributed by atoms with E-state index in [1.165, 1.54) is 11.1 Å². The van der Waals surface area contributed by atoms with Crippen molar-refractivity contribution >= 4 is 11.4 Å². The van der Waals surface area contributed by atoms with E-state index in [0.717, 1.165) is 62.7 Å². The smallest absolute Gasteiger partial charge is 0.0930 e. The third kappa shape index (κ3) is 6.64. The van der Waals surface area contributed by atoms with Crippen molar-refractivity contribution in [1.82, 2.24) is 0 Å². The maximum Gasteiger partial charge on any atom is 0.0930 e. The van der Waals surface area contributed by atoms with Gasteiger partial charge in [0.2, 0.25) is 0 Å². The van der Waals surface area contributed by atoms with Crippen molar-refractivity contribution in [2.75, 3.05) is 66.3 Å². The van der Waals surface area contributed by atoms with Crippen LogP contribution in [-0.4, -0.2) is 77.3 Å². The summed E-state index contributed by atoms with van der Waals surface area (Å²) in [5, 5.41) is 0. The highest BCUT2D eigenvalue weighted by atomic mass is 16.6. The molecule has 2 aromatic carbocycles. The molecule has 42 heavy (non-hydrogen) atoms. The van der Waals surface area contributed by atoms with Crippen LogP contribution in [-0.2, 0) is 28.4 Å². The third-order valence-corrected chi connectivity index (χ3v) is 9.86. The van der Waals surface area contributed by atoms with E-state index in [1.807, 2.05) is 24.3 Å². The monoisotopic (exact) mass is 582 g/mol. The van der Waals surface area contributed by atoms with Gasteiger partial charge in [-0.25, -0.2) is 0 Å². The largest absolute Gasteiger partial charge is 0.399 e. The predicted molar refractivity (Wildman–Crippen MR) is 165 cm³/mol. The van der Waals surface area contributed by atoms with Crippen molar-refractivity contribution in [2.24, 2.45) is 0 Å². The zero-order valence-electron chi connectivity index (χ0n) is 25.9. The van der Waals surface area contributed by atoms with Gasteiger partial charge in [-0.1, -0.05) is 24.3 Å². The molecule has 2 aromatic rings. The molecule has 8 heteroatoms. The first-order chi connectivity index (χ1) is 20.2. The lowest BCUT2D eigenvalue weighted by atomic mass is 9.80. The summed E-state index contributed by atoms with van der Waals surface area (Å²) >= 11 is 0. The summed E-state index contributed by atoms with van der Waals surface area (Å²) < 4.78 is 34.7. The summed E-state index contributed by atoms with van der Waals surface area (Å²) in [7, 11) is 7.00. The summed E-state index contributed by atoms with van der Waals surface area (Å²) in [6, 6.07) is 16.5. The van der Waals surface area contributed by atoms with Crippen LogP contribution < -0.4 is 11.5 Å². The number of hydrogen-bond acceptors (Lipinski definition) is 8. The van der Waals surface area contributed by atoms with Crippen LogP contribution in [0.3, 0.4) is 0 Å². The summed E-state index contributed by atoms with van der Waals surface area (Å²) in [4.78, 5) is 0. The number of nitrogens with two attached hydrogens (primary N) is 2. The maximum absolute atomic E-state index is 6.45. The minimum absolute atomic E-state index is 0.155. The van der Waals surface area contributed by atoms with Gasteiger partial charge in [0.15, 0.2) is 0 Å². The Labute approximate surface area is 251 Å². The molecule has 4 N–H and O–H groups in total. The maximum atomic E-state index is 6.45. The molecule has 0 spiro atoms. The lowest BCUT2D eigenvalue weighted by molar-refractivity contribution is -0.184. The number of methoxy groups -OCH3 is 4. The highest BCUT2D eigenvalue weighted by Crippen LogP contribution is 2.54. The first kappa shape index (κ1) is 31.2. The summed E-state index contributed by atoms with van der Waals surface area (Å²) in [5.41, 5.74) is 15.3. The Kier molecular flexibility index (Phi) is 9.52. The van der Waals surface area contributed by atoms with Crippen LogP contribution in [0.5, 0.6) is 0 Å². The van der Waals surface area contributed by atoms with Gasteiger partial charge in [-0.2, -0.15) is 0 Å². The third-order valence-electron chi connectivity index (χ3n) is 9.86. The zero-order valence-corrected chi connectivity index (χ0v) is 25.9. The standard InChI is InChI=1S/2C17H25NO3/c2*1-19-11-16-7-8-17(21-16,12-20-2)10-14(9-16)13-3-5-15(18)6-4-13/h2*3-6,14H,7-12,18H2,1-2H3/t2*14?,16-,17+. The minimum Gasteiger partial charge on any atom is -0.399 e. The van der Waals surface area contributed by atoms with Crippen LogP contribution in [0.1, 0.15) is 74.3 Å². The highest BCUT2D eigenvalue weighted by Gasteiger charge is 2.56. The number of ether oxygens (including phenoxy) is 6. The van der Waals surface area contributed by atoms with Crippen molar-refractivity contribution in [2.45, 2.75) is 85.6 Å². The molecule has 0 radical (unpaired) electrons. The normalized spacial score (nSPS) is 35.0. The van der Waals surface area contributed by atoms with Crippen molar-refractivity contribution in [3.05, 3.63) is 59.7 Å². The zero-order chi connectivity index (χ0) is 29.8. The van der Waals surface area contributed by atoms with Crippen molar-refractivity contribution < 1.29 is 28.4 Å². The molecule has 0 aliphatic carbocycles. The first-order valence-electron chi connectivity index (χ1n) is 15.3. The van der Waals surface area contributed by atoms with Gasteiger partial charge in [0.1, 0.15) is 0 Å². The van der Waals surface area contributed by atoms with Crippen molar-refractivity contribution in [1.29, 1.82) is 0 Å². The topological polar surface area (TPSA) is 107 Å². The predicted octanol–water partition coefficient (Wildman–Crippen LogP) is 5.45. The van der Waals surface area contributed by atoms with Crippen LogP contribution in [0.15, 0.2) is 48.5 Å². The van der Waals surface area contributed by atoms with E-state index >= 15 is 0 Å². The van der Waals surface area contributed by atoms with Crippen LogP contribution in [0, 0.1) is 0 Å². The van der Waals surface area contributed by atoms with E-state index < -0.39 is 0 Å². The molecule has 0 saturated carbocycles. The molecule has 6 atom stereocenters. The fourth-order valence-electron chi connectivity index (χ4n) is 8.25. The van der Waals surface area contributed by atoms with Crippen LogP contribution in [0.2, 0.25) is 0 Å². The second-order valence-corrected chi connectivity index (χ2v) is 13.2. The van der Waals surface area contributed by atoms with Crippen LogP contribution >= 0.6 is 0 Å². The van der Waals surface area contributed by atoms with E-state index in [2.05, 4.69) is 24.3 Å². The summed E-state index contributed by atoms with van der Waals surface area (Å²) in [5.74, 6) is 0.958. The summed E-state index contributed by atoms with van der Waals surface area (Å²) in [6.45, 7) is 2.63. The Morgan fingerprint density at radius 2 is 0.786 bits per heavy atom. The van der Waals surface area contributed by atoms with Gasteiger partial charge in [-0.3, -0.25) is 0 Å². The van der Waals surface area contributed by atoms with Gasteiger partial charge >= 0.3 is 0 Å². The Hall–Kier alpha value is -2.20. The molecular formula is C34H50N2O6. The molecule has 4 aliphatic rings. The van der Waals surface area contributed by atoms with Crippen molar-refractivity contribution in [3.63, 3.8) is 0 Å². The Balaban J connectivity index is 0.000000168. The van der Waals surface area contributed by atoms with Gasteiger partial charge in [-0.05, 0) is 98.6 Å². The molecule has 0 amide bonds. The SMILES string of the molecule is COC[C@@]12CC[C@@](COC)(CC(c3ccc(N)cc3)C1)O2.COC[C@@]12CC[C@@](COC)(CC(c3ccc(N)cc3)C1)O2. The molecule has 4 bridgehead atoms. The summed E-state index contributed by atoms with van der Waals surface area (Å²) in [6.07, 6.45) is 8.25. The van der Waals surface area contributed by atoms with Gasteiger partial charge in [-0.15, -0.1) is 0 Å². The molecule has 4 aliphatic heterocycles. The molecule has 0 aromatic heterocycles. The average molecular weight is 583 g/mol. The molecule has 4 fully saturated rings. The minimum atomic E-state index is -0.155. The quantitative estimate of drug-likeness (QED) is 0.356. The molecule has 6 rings (SSSR count). The number of nitrogen functional groups attached to an aromatic ring is 2. The van der Waals surface area contributed by atoms with Gasteiger partial charge in [0.05, 0.1) is 48.8 Å². The number of rotatable bonds is 10.